The topological polar surface area (TPSA) is 94.5 Å². The number of oxime groups is 1. The second kappa shape index (κ2) is 10.7. The summed E-state index contributed by atoms with van der Waals surface area (Å²) in [5, 5.41) is 11.5. The number of hydrogen-bond acceptors (Lipinski definition) is 7. The Kier molecular flexibility index (Phi) is 7.32. The maximum atomic E-state index is 11.7. The maximum Gasteiger partial charge on any atom is 0.441 e. The molecule has 0 saturated heterocycles. The zero-order valence-corrected chi connectivity index (χ0v) is 18.4. The summed E-state index contributed by atoms with van der Waals surface area (Å²) in [6.45, 7) is 1.12. The van der Waals surface area contributed by atoms with Crippen molar-refractivity contribution in [2.45, 2.75) is 45.1 Å². The fourth-order valence-corrected chi connectivity index (χ4v) is 4.01. The third kappa shape index (κ3) is 5.63. The van der Waals surface area contributed by atoms with Crippen LogP contribution in [0.1, 0.15) is 55.6 Å². The van der Waals surface area contributed by atoms with E-state index < -0.39 is 5.76 Å². The molecule has 2 aromatic heterocycles. The zero-order chi connectivity index (χ0) is 22.2. The van der Waals surface area contributed by atoms with Crippen molar-refractivity contribution in [1.82, 2.24) is 14.7 Å². The highest BCUT2D eigenvalue weighted by molar-refractivity contribution is 6.10. The van der Waals surface area contributed by atoms with Crippen molar-refractivity contribution in [3.05, 3.63) is 76.2 Å². The fourth-order valence-electron chi connectivity index (χ4n) is 4.01. The minimum Gasteiger partial charge on any atom is -0.389 e. The molecule has 1 saturated carbocycles. The molecule has 0 aliphatic heterocycles. The molecule has 1 aliphatic rings. The van der Waals surface area contributed by atoms with Crippen LogP contribution in [-0.4, -0.2) is 27.0 Å². The van der Waals surface area contributed by atoms with E-state index in [0.29, 0.717) is 11.5 Å². The number of pyridine rings is 1. The van der Waals surface area contributed by atoms with E-state index in [1.165, 1.54) is 43.1 Å². The average Bonchev–Trinajstić information content (AvgIpc) is 3.16. The predicted molar refractivity (Wildman–Crippen MR) is 123 cm³/mol. The van der Waals surface area contributed by atoms with Crippen molar-refractivity contribution in [2.24, 2.45) is 18.1 Å². The van der Waals surface area contributed by atoms with E-state index in [2.05, 4.69) is 20.6 Å². The molecule has 1 N–H and O–H groups in total. The molecule has 1 aliphatic carbocycles. The molecule has 0 radical (unpaired) electrons. The minimum atomic E-state index is -0.558. The van der Waals surface area contributed by atoms with Gasteiger partial charge >= 0.3 is 5.76 Å². The van der Waals surface area contributed by atoms with Crippen LogP contribution < -0.4 is 11.1 Å². The third-order valence-electron chi connectivity index (χ3n) is 5.82. The smallest absolute Gasteiger partial charge is 0.389 e. The van der Waals surface area contributed by atoms with Crippen LogP contribution in [0.2, 0.25) is 0 Å². The first-order valence-electron chi connectivity index (χ1n) is 11.2. The van der Waals surface area contributed by atoms with Crippen LogP contribution in [0.25, 0.3) is 0 Å². The van der Waals surface area contributed by atoms with Gasteiger partial charge in [0.25, 0.3) is 0 Å². The molecule has 2 heterocycles. The van der Waals surface area contributed by atoms with E-state index in [9.17, 15) is 4.79 Å². The molecule has 3 aromatic rings. The Bertz CT molecular complexity index is 1080. The molecule has 32 heavy (non-hydrogen) atoms. The average molecular weight is 436 g/mol. The van der Waals surface area contributed by atoms with Gasteiger partial charge in [-0.05, 0) is 24.5 Å². The number of benzene rings is 1. The van der Waals surface area contributed by atoms with E-state index in [1.807, 2.05) is 48.5 Å². The van der Waals surface area contributed by atoms with Crippen molar-refractivity contribution >= 4 is 11.5 Å². The highest BCUT2D eigenvalue weighted by atomic mass is 16.6. The molecule has 0 amide bonds. The van der Waals surface area contributed by atoms with Crippen LogP contribution in [0.4, 0.5) is 5.82 Å². The lowest BCUT2D eigenvalue weighted by Crippen LogP contribution is -2.17. The van der Waals surface area contributed by atoms with Gasteiger partial charge in [0.2, 0.25) is 5.82 Å². The van der Waals surface area contributed by atoms with Gasteiger partial charge in [-0.25, -0.2) is 9.78 Å². The van der Waals surface area contributed by atoms with Crippen molar-refractivity contribution in [1.29, 1.82) is 0 Å². The number of anilines is 1. The van der Waals surface area contributed by atoms with Crippen LogP contribution in [0, 0.1) is 5.92 Å². The standard InChI is InChI=1S/C24H29N5O3/c1-29-23(28-32-24(29)30)22(19-11-6-3-7-12-19)27-31-17-20-13-8-14-21(26-20)25-16-15-18-9-4-2-5-10-18/h3,6-8,11-14,18H,2,4-5,9-10,15-17H2,1H3,(H,25,26)/b27-22-. The Morgan fingerprint density at radius 3 is 2.72 bits per heavy atom. The van der Waals surface area contributed by atoms with Crippen LogP contribution in [0.15, 0.2) is 63.0 Å². The van der Waals surface area contributed by atoms with Gasteiger partial charge in [-0.1, -0.05) is 78.8 Å². The summed E-state index contributed by atoms with van der Waals surface area (Å²) in [7, 11) is 1.58. The summed E-state index contributed by atoms with van der Waals surface area (Å²) < 4.78 is 6.06. The molecular weight excluding hydrogens is 406 g/mol. The first kappa shape index (κ1) is 21.8. The molecular formula is C24H29N5O3. The first-order chi connectivity index (χ1) is 15.7. The van der Waals surface area contributed by atoms with Gasteiger partial charge in [-0.15, -0.1) is 0 Å². The second-order valence-electron chi connectivity index (χ2n) is 8.14. The molecule has 1 aromatic carbocycles. The molecule has 1 fully saturated rings. The Hall–Kier alpha value is -3.42. The number of rotatable bonds is 9. The fraction of sp³-hybridized carbons (Fsp3) is 0.417. The number of aromatic nitrogens is 3. The number of hydrogen-bond donors (Lipinski definition) is 1. The van der Waals surface area contributed by atoms with E-state index in [1.54, 1.807) is 7.05 Å². The number of nitrogens with zero attached hydrogens (tertiary/aromatic N) is 4. The molecule has 4 rings (SSSR count). The summed E-state index contributed by atoms with van der Waals surface area (Å²) in [6.07, 6.45) is 8.00. The van der Waals surface area contributed by atoms with Crippen LogP contribution in [0.3, 0.4) is 0 Å². The van der Waals surface area contributed by atoms with Crippen LogP contribution >= 0.6 is 0 Å². The van der Waals surface area contributed by atoms with E-state index in [-0.39, 0.29) is 6.61 Å². The van der Waals surface area contributed by atoms with Crippen LogP contribution in [0.5, 0.6) is 0 Å². The van der Waals surface area contributed by atoms with Gasteiger partial charge in [-0.2, -0.15) is 0 Å². The SMILES string of the molecule is Cn1c(/C(=N\OCc2cccc(NCCC3CCCCC3)n2)c2ccccc2)noc1=O. The van der Waals surface area contributed by atoms with Gasteiger partial charge < -0.3 is 10.2 Å². The Morgan fingerprint density at radius 1 is 1.16 bits per heavy atom. The van der Waals surface area contributed by atoms with Gasteiger partial charge in [0.05, 0.1) is 5.69 Å². The van der Waals surface area contributed by atoms with Gasteiger partial charge in [-0.3, -0.25) is 9.09 Å². The lowest BCUT2D eigenvalue weighted by atomic mass is 9.87. The zero-order valence-electron chi connectivity index (χ0n) is 18.4. The summed E-state index contributed by atoms with van der Waals surface area (Å²) in [5.41, 5.74) is 1.95. The molecule has 0 atom stereocenters. The number of nitrogens with one attached hydrogen (secondary N) is 1. The van der Waals surface area contributed by atoms with Crippen molar-refractivity contribution in [3.63, 3.8) is 0 Å². The quantitative estimate of drug-likeness (QED) is 0.401. The summed E-state index contributed by atoms with van der Waals surface area (Å²) in [6, 6.07) is 15.2. The third-order valence-corrected chi connectivity index (χ3v) is 5.82. The normalized spacial score (nSPS) is 15.0. The van der Waals surface area contributed by atoms with Crippen molar-refractivity contribution in [2.75, 3.05) is 11.9 Å². The highest BCUT2D eigenvalue weighted by Crippen LogP contribution is 2.26. The lowest BCUT2D eigenvalue weighted by molar-refractivity contribution is 0.128. The molecule has 8 heteroatoms. The summed E-state index contributed by atoms with van der Waals surface area (Å²) >= 11 is 0. The Labute approximate surface area is 187 Å². The van der Waals surface area contributed by atoms with Gasteiger partial charge in [0.1, 0.15) is 5.82 Å². The first-order valence-corrected chi connectivity index (χ1v) is 11.2. The molecule has 8 nitrogen and oxygen atoms in total. The molecule has 0 unspecified atom stereocenters. The maximum absolute atomic E-state index is 11.7. The van der Waals surface area contributed by atoms with E-state index in [0.717, 1.165) is 29.5 Å². The molecule has 0 spiro atoms. The van der Waals surface area contributed by atoms with E-state index >= 15 is 0 Å². The summed E-state index contributed by atoms with van der Waals surface area (Å²) in [4.78, 5) is 22.0. The highest BCUT2D eigenvalue weighted by Gasteiger charge is 2.17. The monoisotopic (exact) mass is 435 g/mol. The molecule has 168 valence electrons. The minimum absolute atomic E-state index is 0.195. The van der Waals surface area contributed by atoms with Gasteiger partial charge in [0, 0.05) is 19.2 Å². The van der Waals surface area contributed by atoms with Gasteiger partial charge in [0.15, 0.2) is 12.3 Å². The van der Waals surface area contributed by atoms with Crippen molar-refractivity contribution in [3.8, 4) is 0 Å². The summed E-state index contributed by atoms with van der Waals surface area (Å²) in [5.74, 6) is 1.42. The predicted octanol–water partition coefficient (Wildman–Crippen LogP) is 4.12. The van der Waals surface area contributed by atoms with Crippen molar-refractivity contribution < 1.29 is 9.36 Å². The second-order valence-corrected chi connectivity index (χ2v) is 8.14. The Balaban J connectivity index is 1.39. The lowest BCUT2D eigenvalue weighted by Gasteiger charge is -2.21. The largest absolute Gasteiger partial charge is 0.441 e. The van der Waals surface area contributed by atoms with Crippen LogP contribution in [-0.2, 0) is 18.5 Å². The van der Waals surface area contributed by atoms with E-state index in [4.69, 9.17) is 9.36 Å². The molecule has 0 bridgehead atoms. The Morgan fingerprint density at radius 2 is 1.97 bits per heavy atom.